The van der Waals surface area contributed by atoms with Crippen molar-refractivity contribution in [1.82, 2.24) is 0 Å². The van der Waals surface area contributed by atoms with Gasteiger partial charge in [-0.1, -0.05) is 43.6 Å². The molecule has 0 fully saturated rings. The van der Waals surface area contributed by atoms with Crippen LogP contribution in [0.1, 0.15) is 51.9 Å². The molecule has 1 unspecified atom stereocenters. The summed E-state index contributed by atoms with van der Waals surface area (Å²) in [6.45, 7) is 2.23. The van der Waals surface area contributed by atoms with Crippen LogP contribution >= 0.6 is 8.46 Å². The molecule has 0 spiro atoms. The minimum atomic E-state index is -0.0800. The van der Waals surface area contributed by atoms with Crippen LogP contribution in [0.25, 0.3) is 0 Å². The fourth-order valence-electron chi connectivity index (χ4n) is 1.15. The van der Waals surface area contributed by atoms with Crippen LogP contribution in [0.3, 0.4) is 0 Å². The second-order valence-electron chi connectivity index (χ2n) is 3.02. The van der Waals surface area contributed by atoms with Crippen molar-refractivity contribution in [2.45, 2.75) is 51.9 Å². The molecule has 0 aromatic rings. The highest BCUT2D eigenvalue weighted by Gasteiger charge is 1.92. The highest BCUT2D eigenvalue weighted by atomic mass is 31.1. The third-order valence-electron chi connectivity index (χ3n) is 1.88. The third-order valence-corrected chi connectivity index (χ3v) is 2.44. The largest absolute Gasteiger partial charge is 0.324 e. The molecule has 0 aromatic heterocycles. The van der Waals surface area contributed by atoms with E-state index >= 15 is 0 Å². The van der Waals surface area contributed by atoms with Crippen molar-refractivity contribution in [3.05, 3.63) is 0 Å². The Hall–Kier alpha value is 0.100. The highest BCUT2D eigenvalue weighted by molar-refractivity contribution is 7.23. The van der Waals surface area contributed by atoms with Crippen molar-refractivity contribution in [2.75, 3.05) is 6.16 Å². The molecule has 0 N–H and O–H groups in total. The molecule has 0 saturated heterocycles. The van der Waals surface area contributed by atoms with Crippen LogP contribution in [-0.2, 0) is 4.57 Å². The molecule has 2 heteroatoms. The van der Waals surface area contributed by atoms with Crippen molar-refractivity contribution >= 4 is 8.46 Å². The van der Waals surface area contributed by atoms with Gasteiger partial charge in [-0.3, -0.25) is 0 Å². The minimum absolute atomic E-state index is 0.0800. The molecule has 1 atom stereocenters. The Bertz CT molecular complexity index is 83.6. The van der Waals surface area contributed by atoms with Gasteiger partial charge in [0.15, 0.2) is 0 Å². The summed E-state index contributed by atoms with van der Waals surface area (Å²) in [5, 5.41) is 0. The summed E-state index contributed by atoms with van der Waals surface area (Å²) in [4.78, 5) is 0. The van der Waals surface area contributed by atoms with Crippen molar-refractivity contribution in [3.63, 3.8) is 0 Å². The molecule has 0 bridgehead atoms. The van der Waals surface area contributed by atoms with Crippen LogP contribution in [0, 0.1) is 0 Å². The first kappa shape index (κ1) is 11.1. The Morgan fingerprint density at radius 2 is 1.45 bits per heavy atom. The van der Waals surface area contributed by atoms with Gasteiger partial charge >= 0.3 is 8.46 Å². The summed E-state index contributed by atoms with van der Waals surface area (Å²) in [7, 11) is -0.0800. The maximum Gasteiger partial charge on any atom is 0.324 e. The predicted octanol–water partition coefficient (Wildman–Crippen LogP) is 3.76. The molecule has 0 radical (unpaired) electrons. The summed E-state index contributed by atoms with van der Waals surface area (Å²) in [5.74, 6) is 0. The average Bonchev–Trinajstić information content (AvgIpc) is 2.03. The first-order chi connectivity index (χ1) is 5.41. The van der Waals surface area contributed by atoms with Crippen LogP contribution in [0.2, 0.25) is 0 Å². The van der Waals surface area contributed by atoms with Crippen LogP contribution in [-0.4, -0.2) is 6.16 Å². The molecule has 66 valence electrons. The predicted molar refractivity (Wildman–Crippen MR) is 51.9 cm³/mol. The Labute approximate surface area is 71.8 Å². The zero-order valence-electron chi connectivity index (χ0n) is 7.57. The standard InChI is InChI=1S/C9H19OP/c1-2-3-4-5-6-7-8-9-11-10/h2-9H2,1H3/p+1. The molecule has 1 nitrogen and oxygen atoms in total. The topological polar surface area (TPSA) is 17.1 Å². The first-order valence-corrected chi connectivity index (χ1v) is 5.88. The smallest absolute Gasteiger partial charge is 0.0775 e. The molecular formula is C9H20OP+. The Balaban J connectivity index is 2.74. The molecule has 0 aliphatic heterocycles. The fraction of sp³-hybridized carbons (Fsp3) is 1.00. The average molecular weight is 175 g/mol. The van der Waals surface area contributed by atoms with E-state index in [-0.39, 0.29) is 8.46 Å². The van der Waals surface area contributed by atoms with Gasteiger partial charge in [-0.2, -0.15) is 0 Å². The second kappa shape index (κ2) is 10.1. The Kier molecular flexibility index (Phi) is 10.2. The van der Waals surface area contributed by atoms with E-state index in [2.05, 4.69) is 6.92 Å². The molecule has 0 rings (SSSR count). The molecule has 0 saturated carbocycles. The summed E-state index contributed by atoms with van der Waals surface area (Å²) in [5.41, 5.74) is 0. The van der Waals surface area contributed by atoms with Gasteiger partial charge in [0.25, 0.3) is 0 Å². The van der Waals surface area contributed by atoms with Gasteiger partial charge in [-0.15, -0.1) is 0 Å². The second-order valence-corrected chi connectivity index (χ2v) is 3.80. The van der Waals surface area contributed by atoms with E-state index in [1.807, 2.05) is 0 Å². The lowest BCUT2D eigenvalue weighted by Crippen LogP contribution is -1.79. The molecular weight excluding hydrogens is 155 g/mol. The van der Waals surface area contributed by atoms with Crippen molar-refractivity contribution in [2.24, 2.45) is 0 Å². The lowest BCUT2D eigenvalue weighted by molar-refractivity contribution is 0.586. The van der Waals surface area contributed by atoms with Crippen LogP contribution in [0.15, 0.2) is 0 Å². The van der Waals surface area contributed by atoms with Crippen molar-refractivity contribution in [3.8, 4) is 0 Å². The first-order valence-electron chi connectivity index (χ1n) is 4.76. The number of hydrogen-bond acceptors (Lipinski definition) is 1. The molecule has 11 heavy (non-hydrogen) atoms. The lowest BCUT2D eigenvalue weighted by Gasteiger charge is -1.96. The van der Waals surface area contributed by atoms with Gasteiger partial charge in [0.05, 0.1) is 0 Å². The highest BCUT2D eigenvalue weighted by Crippen LogP contribution is 2.08. The molecule has 0 aliphatic rings. The van der Waals surface area contributed by atoms with E-state index in [0.717, 1.165) is 12.6 Å². The minimum Gasteiger partial charge on any atom is -0.0775 e. The fourth-order valence-corrected chi connectivity index (χ4v) is 1.55. The van der Waals surface area contributed by atoms with Gasteiger partial charge in [0.2, 0.25) is 0 Å². The summed E-state index contributed by atoms with van der Waals surface area (Å²) in [6.07, 6.45) is 10.1. The van der Waals surface area contributed by atoms with E-state index in [9.17, 15) is 4.57 Å². The summed E-state index contributed by atoms with van der Waals surface area (Å²) < 4.78 is 10.1. The number of rotatable bonds is 8. The Morgan fingerprint density at radius 1 is 0.909 bits per heavy atom. The maximum absolute atomic E-state index is 10.1. The van der Waals surface area contributed by atoms with E-state index in [1.54, 1.807) is 0 Å². The summed E-state index contributed by atoms with van der Waals surface area (Å²) >= 11 is 0. The van der Waals surface area contributed by atoms with E-state index in [0.29, 0.717) is 0 Å². The zero-order chi connectivity index (χ0) is 8.36. The molecule has 0 amide bonds. The van der Waals surface area contributed by atoms with Crippen LogP contribution < -0.4 is 0 Å². The molecule has 0 aliphatic carbocycles. The van der Waals surface area contributed by atoms with Gasteiger partial charge in [-0.05, 0) is 12.8 Å². The van der Waals surface area contributed by atoms with Crippen LogP contribution in [0.5, 0.6) is 0 Å². The van der Waals surface area contributed by atoms with Gasteiger partial charge in [0.1, 0.15) is 6.16 Å². The summed E-state index contributed by atoms with van der Waals surface area (Å²) in [6, 6.07) is 0. The van der Waals surface area contributed by atoms with Crippen molar-refractivity contribution < 1.29 is 4.57 Å². The monoisotopic (exact) mass is 175 g/mol. The van der Waals surface area contributed by atoms with Gasteiger partial charge < -0.3 is 0 Å². The molecule has 0 aromatic carbocycles. The Morgan fingerprint density at radius 3 is 2.00 bits per heavy atom. The maximum atomic E-state index is 10.1. The zero-order valence-corrected chi connectivity index (χ0v) is 8.57. The van der Waals surface area contributed by atoms with Crippen LogP contribution in [0.4, 0.5) is 0 Å². The normalized spacial score (nSPS) is 10.6. The number of hydrogen-bond donors (Lipinski definition) is 0. The van der Waals surface area contributed by atoms with Gasteiger partial charge in [0, 0.05) is 0 Å². The third kappa shape index (κ3) is 10.1. The quantitative estimate of drug-likeness (QED) is 0.405. The lowest BCUT2D eigenvalue weighted by atomic mass is 10.1. The van der Waals surface area contributed by atoms with Crippen molar-refractivity contribution in [1.29, 1.82) is 0 Å². The van der Waals surface area contributed by atoms with E-state index in [4.69, 9.17) is 0 Å². The number of unbranched alkanes of at least 4 members (excludes halogenated alkanes) is 6. The van der Waals surface area contributed by atoms with E-state index < -0.39 is 0 Å². The van der Waals surface area contributed by atoms with E-state index in [1.165, 1.54) is 38.5 Å². The molecule has 0 heterocycles. The van der Waals surface area contributed by atoms with Gasteiger partial charge in [-0.25, -0.2) is 0 Å². The SMILES string of the molecule is CCCCCCCCC[PH+]=O.